The van der Waals surface area contributed by atoms with Crippen molar-refractivity contribution in [3.8, 4) is 0 Å². The number of aromatic amines is 1. The first kappa shape index (κ1) is 45.1. The zero-order valence-electron chi connectivity index (χ0n) is 29.4. The molecule has 5 N–H and O–H groups in total. The Morgan fingerprint density at radius 3 is 1.94 bits per heavy atom. The van der Waals surface area contributed by atoms with Crippen molar-refractivity contribution < 1.29 is 50.3 Å². The lowest BCUT2D eigenvalue weighted by atomic mass is 10.0. The predicted octanol–water partition coefficient (Wildman–Crippen LogP) is 7.62. The molecule has 19 heteroatoms. The second-order valence-corrected chi connectivity index (χ2v) is 18.1. The van der Waals surface area contributed by atoms with Crippen LogP contribution < -0.4 is 17.0 Å². The maximum absolute atomic E-state index is 14.6. The normalized spacial score (nSPS) is 21.5. The van der Waals surface area contributed by atoms with Crippen molar-refractivity contribution in [3.05, 3.63) is 33.1 Å². The van der Waals surface area contributed by atoms with E-state index in [1.165, 1.54) is 64.2 Å². The van der Waals surface area contributed by atoms with E-state index in [1.54, 1.807) is 0 Å². The second-order valence-electron chi connectivity index (χ2n) is 12.8. The number of ether oxygens (including phenoxy) is 1. The number of nitrogens with one attached hydrogen (secondary N) is 1. The Kier molecular flexibility index (Phi) is 22.0. The fourth-order valence-electron chi connectivity index (χ4n) is 5.59. The number of unbranched alkanes of at least 4 members (excludes halogenated alkanes) is 16. The van der Waals surface area contributed by atoms with E-state index >= 15 is 0 Å². The zero-order valence-corrected chi connectivity index (χ0v) is 32.1. The SMILES string of the molecule is CCCCCCCCCCCCCCCCCCP(=O)(OCCCCN)OP(=O)(O)OP(=O)(O)OC[C@H]1O[C@@H](n2ccc(=O)[nH]c2=O)CC1F. The Morgan fingerprint density at radius 2 is 1.40 bits per heavy atom. The molecule has 1 fully saturated rings. The lowest BCUT2D eigenvalue weighted by Gasteiger charge is -2.22. The minimum absolute atomic E-state index is 0.0862. The highest BCUT2D eigenvalue weighted by Gasteiger charge is 2.44. The largest absolute Gasteiger partial charge is 0.488 e. The summed E-state index contributed by atoms with van der Waals surface area (Å²) < 4.78 is 78.9. The number of phosphoric acid groups is 2. The molecule has 1 aromatic heterocycles. The molecular formula is C31H59FN3O12P3. The van der Waals surface area contributed by atoms with Crippen LogP contribution in [0.25, 0.3) is 0 Å². The maximum atomic E-state index is 14.6. The maximum Gasteiger partial charge on any atom is 0.488 e. The molecule has 1 saturated heterocycles. The van der Waals surface area contributed by atoms with Gasteiger partial charge in [-0.1, -0.05) is 103 Å². The van der Waals surface area contributed by atoms with Gasteiger partial charge in [0.25, 0.3) is 5.56 Å². The molecule has 292 valence electrons. The molecule has 1 aliphatic rings. The third-order valence-electron chi connectivity index (χ3n) is 8.33. The van der Waals surface area contributed by atoms with Gasteiger partial charge in [-0.2, -0.15) is 4.31 Å². The van der Waals surface area contributed by atoms with E-state index < -0.39 is 59.6 Å². The number of phosphoric ester groups is 1. The lowest BCUT2D eigenvalue weighted by molar-refractivity contribution is -0.0349. The van der Waals surface area contributed by atoms with Gasteiger partial charge in [0, 0.05) is 18.7 Å². The van der Waals surface area contributed by atoms with Crippen LogP contribution >= 0.6 is 23.2 Å². The van der Waals surface area contributed by atoms with Gasteiger partial charge >= 0.3 is 28.9 Å². The molecule has 2 rings (SSSR count). The van der Waals surface area contributed by atoms with Crippen molar-refractivity contribution in [2.45, 2.75) is 147 Å². The Labute approximate surface area is 294 Å². The molecule has 4 unspecified atom stereocenters. The highest BCUT2D eigenvalue weighted by Crippen LogP contribution is 2.69. The van der Waals surface area contributed by atoms with E-state index in [-0.39, 0.29) is 19.2 Å². The van der Waals surface area contributed by atoms with Crippen molar-refractivity contribution in [2.24, 2.45) is 5.73 Å². The van der Waals surface area contributed by atoms with Gasteiger partial charge in [0.1, 0.15) is 18.5 Å². The summed E-state index contributed by atoms with van der Waals surface area (Å²) in [7, 11) is -15.1. The molecule has 50 heavy (non-hydrogen) atoms. The van der Waals surface area contributed by atoms with Gasteiger partial charge < -0.3 is 24.8 Å². The van der Waals surface area contributed by atoms with Gasteiger partial charge in [0.05, 0.1) is 19.4 Å². The highest BCUT2D eigenvalue weighted by molar-refractivity contribution is 7.68. The van der Waals surface area contributed by atoms with Crippen molar-refractivity contribution in [3.63, 3.8) is 0 Å². The molecule has 0 bridgehead atoms. The van der Waals surface area contributed by atoms with Crippen molar-refractivity contribution in [2.75, 3.05) is 25.9 Å². The van der Waals surface area contributed by atoms with Crippen LogP contribution in [0.3, 0.4) is 0 Å². The standard InChI is InChI=1S/C31H59FN3O12P3/c1-2-3-4-5-6-7-8-9-10-11-12-13-14-15-16-19-24-48(38,43-23-18-17-21-33)46-50(41,42)47-49(39,40)44-26-28-27(32)25-30(45-28)35-22-20-29(36)34-31(35)37/h20,22,27-28,30H,2-19,21,23-26,33H2,1H3,(H,39,40)(H,41,42)(H,34,36,37)/t27?,28-,30-,48?/m1/s1. The zero-order chi connectivity index (χ0) is 36.9. The fraction of sp³-hybridized carbons (Fsp3) is 0.871. The molecular weight excluding hydrogens is 718 g/mol. The number of hydrogen-bond donors (Lipinski definition) is 4. The number of H-pyrrole nitrogens is 1. The number of hydrogen-bond acceptors (Lipinski definition) is 11. The Morgan fingerprint density at radius 1 is 0.840 bits per heavy atom. The predicted molar refractivity (Wildman–Crippen MR) is 189 cm³/mol. The van der Waals surface area contributed by atoms with Crippen molar-refractivity contribution in [1.82, 2.24) is 9.55 Å². The van der Waals surface area contributed by atoms with Crippen LogP contribution in [0, 0.1) is 0 Å². The number of nitrogens with two attached hydrogens (primary N) is 1. The van der Waals surface area contributed by atoms with E-state index in [1.807, 2.05) is 4.98 Å². The number of nitrogens with zero attached hydrogens (tertiary/aromatic N) is 1. The van der Waals surface area contributed by atoms with Gasteiger partial charge in [-0.3, -0.25) is 23.4 Å². The molecule has 6 atom stereocenters. The molecule has 0 amide bonds. The molecule has 2 heterocycles. The van der Waals surface area contributed by atoms with E-state index in [4.69, 9.17) is 23.8 Å². The smallest absolute Gasteiger partial charge is 0.349 e. The monoisotopic (exact) mass is 777 g/mol. The summed E-state index contributed by atoms with van der Waals surface area (Å²) in [5.41, 5.74) is 3.98. The van der Waals surface area contributed by atoms with Crippen LogP contribution in [0.1, 0.15) is 135 Å². The third-order valence-corrected chi connectivity index (χ3v) is 13.7. The van der Waals surface area contributed by atoms with Crippen molar-refractivity contribution >= 4 is 23.2 Å². The van der Waals surface area contributed by atoms with Gasteiger partial charge in [0.15, 0.2) is 0 Å². The second kappa shape index (κ2) is 24.3. The van der Waals surface area contributed by atoms with E-state index in [2.05, 4.69) is 11.2 Å². The molecule has 0 aliphatic carbocycles. The Bertz CT molecular complexity index is 1350. The van der Waals surface area contributed by atoms with Crippen LogP contribution in [-0.4, -0.2) is 57.5 Å². The first-order chi connectivity index (χ1) is 23.8. The summed E-state index contributed by atoms with van der Waals surface area (Å²) in [6.45, 7) is 1.59. The van der Waals surface area contributed by atoms with Crippen LogP contribution in [0.5, 0.6) is 0 Å². The number of rotatable bonds is 30. The first-order valence-electron chi connectivity index (χ1n) is 18.1. The summed E-state index contributed by atoms with van der Waals surface area (Å²) in [6.07, 6.45) is 15.3. The summed E-state index contributed by atoms with van der Waals surface area (Å²) in [5.74, 6) is 0. The lowest BCUT2D eigenvalue weighted by Crippen LogP contribution is -2.31. The quantitative estimate of drug-likeness (QED) is 0.0437. The van der Waals surface area contributed by atoms with Gasteiger partial charge in [-0.25, -0.2) is 22.6 Å². The fourth-order valence-corrected chi connectivity index (χ4v) is 10.5. The summed E-state index contributed by atoms with van der Waals surface area (Å²) in [4.78, 5) is 45.7. The highest BCUT2D eigenvalue weighted by atomic mass is 31.3. The van der Waals surface area contributed by atoms with Gasteiger partial charge in [0.2, 0.25) is 0 Å². The minimum Gasteiger partial charge on any atom is -0.349 e. The third kappa shape index (κ3) is 19.2. The Balaban J connectivity index is 1.75. The minimum atomic E-state index is -5.49. The summed E-state index contributed by atoms with van der Waals surface area (Å²) in [6, 6.07) is 1.04. The molecule has 15 nitrogen and oxygen atoms in total. The van der Waals surface area contributed by atoms with Crippen LogP contribution in [-0.2, 0) is 36.1 Å². The Hall–Kier alpha value is -1.02. The first-order valence-corrected chi connectivity index (χ1v) is 22.8. The van der Waals surface area contributed by atoms with E-state index in [0.717, 1.165) is 42.5 Å². The number of alkyl halides is 1. The van der Waals surface area contributed by atoms with Crippen molar-refractivity contribution in [1.29, 1.82) is 0 Å². The van der Waals surface area contributed by atoms with Gasteiger partial charge in [-0.05, 0) is 25.8 Å². The van der Waals surface area contributed by atoms with E-state index in [0.29, 0.717) is 32.2 Å². The van der Waals surface area contributed by atoms with Crippen LogP contribution in [0.4, 0.5) is 4.39 Å². The molecule has 0 spiro atoms. The molecule has 1 aliphatic heterocycles. The summed E-state index contributed by atoms with van der Waals surface area (Å²) >= 11 is 0. The summed E-state index contributed by atoms with van der Waals surface area (Å²) in [5, 5.41) is 0. The van der Waals surface area contributed by atoms with Gasteiger partial charge in [-0.15, -0.1) is 0 Å². The average molecular weight is 778 g/mol. The average Bonchev–Trinajstić information content (AvgIpc) is 3.41. The number of halogens is 1. The molecule has 0 radical (unpaired) electrons. The van der Waals surface area contributed by atoms with E-state index in [9.17, 15) is 37.5 Å². The van der Waals surface area contributed by atoms with Crippen LogP contribution in [0.15, 0.2) is 21.9 Å². The number of aromatic nitrogens is 2. The molecule has 0 saturated carbocycles. The molecule has 0 aromatic carbocycles. The topological polar surface area (TPSA) is 219 Å². The molecule has 1 aromatic rings. The van der Waals surface area contributed by atoms with Crippen LogP contribution in [0.2, 0.25) is 0 Å².